The summed E-state index contributed by atoms with van der Waals surface area (Å²) in [6.45, 7) is 0. The zero-order valence-electron chi connectivity index (χ0n) is 11.6. The predicted octanol–water partition coefficient (Wildman–Crippen LogP) is 2.57. The van der Waals surface area contributed by atoms with Crippen molar-refractivity contribution in [3.05, 3.63) is 23.8 Å². The van der Waals surface area contributed by atoms with E-state index in [0.29, 0.717) is 17.4 Å². The van der Waals surface area contributed by atoms with Crippen LogP contribution in [0.3, 0.4) is 0 Å². The fourth-order valence-electron chi connectivity index (χ4n) is 2.02. The van der Waals surface area contributed by atoms with Gasteiger partial charge in [-0.2, -0.15) is 23.5 Å². The van der Waals surface area contributed by atoms with Gasteiger partial charge in [-0.25, -0.2) is 4.79 Å². The van der Waals surface area contributed by atoms with Crippen LogP contribution in [0, 0.1) is 0 Å². The molecule has 1 aliphatic rings. The number of carboxylic acid groups (broad SMARTS) is 1. The Kier molecular flexibility index (Phi) is 5.81. The summed E-state index contributed by atoms with van der Waals surface area (Å²) in [4.78, 5) is 23.0. The van der Waals surface area contributed by atoms with Crippen LogP contribution in [-0.2, 0) is 4.79 Å². The van der Waals surface area contributed by atoms with Crippen LogP contribution in [0.15, 0.2) is 18.2 Å². The van der Waals surface area contributed by atoms with E-state index in [1.807, 2.05) is 23.5 Å². The number of hydrogen-bond donors (Lipinski definition) is 2. The number of benzene rings is 1. The highest BCUT2D eigenvalue weighted by Crippen LogP contribution is 2.27. The maximum atomic E-state index is 12.0. The third-order valence-electron chi connectivity index (χ3n) is 3.01. The number of carbonyl (C=O) groups excluding carboxylic acids is 1. The Morgan fingerprint density at radius 2 is 2.24 bits per heavy atom. The molecule has 21 heavy (non-hydrogen) atoms. The van der Waals surface area contributed by atoms with Gasteiger partial charge >= 0.3 is 5.97 Å². The first-order chi connectivity index (χ1) is 10.1. The number of thioether (sulfide) groups is 2. The second-order valence-electron chi connectivity index (χ2n) is 4.54. The fourth-order valence-corrected chi connectivity index (χ4v) is 4.70. The first-order valence-electron chi connectivity index (χ1n) is 6.50. The lowest BCUT2D eigenvalue weighted by Crippen LogP contribution is -2.22. The minimum Gasteiger partial charge on any atom is -0.496 e. The zero-order valence-corrected chi connectivity index (χ0v) is 13.3. The van der Waals surface area contributed by atoms with Crippen molar-refractivity contribution in [2.75, 3.05) is 29.7 Å². The van der Waals surface area contributed by atoms with Crippen LogP contribution in [0.25, 0.3) is 0 Å². The van der Waals surface area contributed by atoms with Crippen LogP contribution < -0.4 is 10.1 Å². The van der Waals surface area contributed by atoms with Gasteiger partial charge in [0.25, 0.3) is 0 Å². The molecule has 1 amide bonds. The van der Waals surface area contributed by atoms with Crippen molar-refractivity contribution in [3.8, 4) is 5.75 Å². The van der Waals surface area contributed by atoms with E-state index in [4.69, 9.17) is 9.84 Å². The average molecular weight is 327 g/mol. The molecule has 1 saturated heterocycles. The van der Waals surface area contributed by atoms with E-state index >= 15 is 0 Å². The topological polar surface area (TPSA) is 75.6 Å². The van der Waals surface area contributed by atoms with Crippen molar-refractivity contribution in [1.82, 2.24) is 0 Å². The van der Waals surface area contributed by atoms with Gasteiger partial charge in [-0.05, 0) is 12.1 Å². The van der Waals surface area contributed by atoms with E-state index < -0.39 is 5.97 Å². The average Bonchev–Trinajstić information content (AvgIpc) is 2.47. The largest absolute Gasteiger partial charge is 0.496 e. The minimum absolute atomic E-state index is 0.0554. The SMILES string of the molecule is COc1cc(NC(=O)CC2CSCCS2)ccc1C(=O)O. The number of anilines is 1. The minimum atomic E-state index is -1.06. The number of carbonyl (C=O) groups is 2. The highest BCUT2D eigenvalue weighted by Gasteiger charge is 2.18. The number of amides is 1. The van der Waals surface area contributed by atoms with Crippen molar-refractivity contribution in [1.29, 1.82) is 0 Å². The van der Waals surface area contributed by atoms with Crippen molar-refractivity contribution < 1.29 is 19.4 Å². The second kappa shape index (κ2) is 7.61. The molecule has 1 aliphatic heterocycles. The lowest BCUT2D eigenvalue weighted by atomic mass is 10.1. The molecule has 0 spiro atoms. The van der Waals surface area contributed by atoms with E-state index in [9.17, 15) is 9.59 Å². The van der Waals surface area contributed by atoms with Gasteiger partial charge in [0, 0.05) is 40.7 Å². The van der Waals surface area contributed by atoms with Gasteiger partial charge in [0.2, 0.25) is 5.91 Å². The number of aromatic carboxylic acids is 1. The zero-order chi connectivity index (χ0) is 15.2. The molecule has 1 atom stereocenters. The molecule has 1 fully saturated rings. The molecular weight excluding hydrogens is 310 g/mol. The molecule has 0 radical (unpaired) electrons. The second-order valence-corrected chi connectivity index (χ2v) is 7.10. The van der Waals surface area contributed by atoms with Gasteiger partial charge < -0.3 is 15.2 Å². The smallest absolute Gasteiger partial charge is 0.339 e. The fraction of sp³-hybridized carbons (Fsp3) is 0.429. The van der Waals surface area contributed by atoms with Crippen molar-refractivity contribution in [2.45, 2.75) is 11.7 Å². The number of carboxylic acids is 1. The third-order valence-corrected chi connectivity index (χ3v) is 5.86. The molecule has 2 rings (SSSR count). The predicted molar refractivity (Wildman–Crippen MR) is 86.8 cm³/mol. The monoisotopic (exact) mass is 327 g/mol. The number of nitrogens with one attached hydrogen (secondary N) is 1. The molecule has 5 nitrogen and oxygen atoms in total. The van der Waals surface area contributed by atoms with Gasteiger partial charge in [-0.3, -0.25) is 4.79 Å². The van der Waals surface area contributed by atoms with Crippen molar-refractivity contribution in [3.63, 3.8) is 0 Å². The summed E-state index contributed by atoms with van der Waals surface area (Å²) in [5, 5.41) is 12.2. The van der Waals surface area contributed by atoms with Crippen molar-refractivity contribution >= 4 is 41.1 Å². The number of ether oxygens (including phenoxy) is 1. The van der Waals surface area contributed by atoms with Crippen LogP contribution in [0.4, 0.5) is 5.69 Å². The van der Waals surface area contributed by atoms with Gasteiger partial charge in [-0.1, -0.05) is 0 Å². The highest BCUT2D eigenvalue weighted by molar-refractivity contribution is 8.06. The Bertz CT molecular complexity index is 530. The molecule has 0 aliphatic carbocycles. The molecule has 114 valence electrons. The van der Waals surface area contributed by atoms with E-state index in [-0.39, 0.29) is 17.2 Å². The van der Waals surface area contributed by atoms with Crippen LogP contribution in [-0.4, -0.2) is 46.6 Å². The molecule has 2 N–H and O–H groups in total. The lowest BCUT2D eigenvalue weighted by molar-refractivity contribution is -0.116. The summed E-state index contributed by atoms with van der Waals surface area (Å²) in [6.07, 6.45) is 0.473. The quantitative estimate of drug-likeness (QED) is 0.866. The Balaban J connectivity index is 1.98. The van der Waals surface area contributed by atoms with Gasteiger partial charge in [0.05, 0.1) is 7.11 Å². The highest BCUT2D eigenvalue weighted by atomic mass is 32.2. The molecule has 1 aromatic carbocycles. The van der Waals surface area contributed by atoms with Crippen LogP contribution in [0.5, 0.6) is 5.75 Å². The molecular formula is C14H17NO4S2. The van der Waals surface area contributed by atoms with Crippen LogP contribution >= 0.6 is 23.5 Å². The third kappa shape index (κ3) is 4.57. The molecule has 1 heterocycles. The first kappa shape index (κ1) is 16.0. The van der Waals surface area contributed by atoms with E-state index in [0.717, 1.165) is 17.3 Å². The number of methoxy groups -OCH3 is 1. The summed E-state index contributed by atoms with van der Waals surface area (Å²) in [5.74, 6) is 2.36. The molecule has 0 bridgehead atoms. The van der Waals surface area contributed by atoms with E-state index in [2.05, 4.69) is 5.32 Å². The summed E-state index contributed by atoms with van der Waals surface area (Å²) in [6, 6.07) is 4.54. The molecule has 0 saturated carbocycles. The summed E-state index contributed by atoms with van der Waals surface area (Å²) >= 11 is 3.71. The summed E-state index contributed by atoms with van der Waals surface area (Å²) in [5.41, 5.74) is 0.630. The summed E-state index contributed by atoms with van der Waals surface area (Å²) < 4.78 is 5.04. The van der Waals surface area contributed by atoms with Gasteiger partial charge in [0.15, 0.2) is 0 Å². The van der Waals surface area contributed by atoms with Gasteiger partial charge in [0.1, 0.15) is 11.3 Å². The normalized spacial score (nSPS) is 18.0. The van der Waals surface area contributed by atoms with Crippen LogP contribution in [0.2, 0.25) is 0 Å². The summed E-state index contributed by atoms with van der Waals surface area (Å²) in [7, 11) is 1.41. The van der Waals surface area contributed by atoms with E-state index in [1.165, 1.54) is 19.2 Å². The molecule has 1 aromatic rings. The first-order valence-corrected chi connectivity index (χ1v) is 8.71. The molecule has 0 aromatic heterocycles. The lowest BCUT2D eigenvalue weighted by Gasteiger charge is -2.20. The van der Waals surface area contributed by atoms with Crippen molar-refractivity contribution in [2.24, 2.45) is 0 Å². The van der Waals surface area contributed by atoms with E-state index in [1.54, 1.807) is 6.07 Å². The Morgan fingerprint density at radius 3 is 2.86 bits per heavy atom. The Labute approximate surface area is 131 Å². The molecule has 1 unspecified atom stereocenters. The molecule has 7 heteroatoms. The van der Waals surface area contributed by atoms with Gasteiger partial charge in [-0.15, -0.1) is 0 Å². The number of rotatable bonds is 5. The van der Waals surface area contributed by atoms with Crippen LogP contribution in [0.1, 0.15) is 16.8 Å². The Morgan fingerprint density at radius 1 is 1.43 bits per heavy atom. The maximum absolute atomic E-state index is 12.0. The standard InChI is InChI=1S/C14H17NO4S2/c1-19-12-6-9(2-3-11(12)14(17)18)15-13(16)7-10-8-20-4-5-21-10/h2-3,6,10H,4-5,7-8H2,1H3,(H,15,16)(H,17,18). The Hall–Kier alpha value is -1.34. The number of hydrogen-bond acceptors (Lipinski definition) is 5. The maximum Gasteiger partial charge on any atom is 0.339 e.